The molecule has 162 valence electrons. The zero-order chi connectivity index (χ0) is 22.3. The van der Waals surface area contributed by atoms with Gasteiger partial charge in [-0.15, -0.1) is 10.2 Å². The number of thioether (sulfide) groups is 1. The molecule has 2 aromatic heterocycles. The van der Waals surface area contributed by atoms with Crippen LogP contribution in [-0.2, 0) is 4.79 Å². The molecule has 0 bridgehead atoms. The second kappa shape index (κ2) is 9.97. The van der Waals surface area contributed by atoms with Crippen molar-refractivity contribution in [1.29, 1.82) is 0 Å². The Labute approximate surface area is 189 Å². The van der Waals surface area contributed by atoms with Gasteiger partial charge in [0.2, 0.25) is 5.91 Å². The van der Waals surface area contributed by atoms with Gasteiger partial charge < -0.3 is 14.8 Å². The van der Waals surface area contributed by atoms with Crippen LogP contribution in [0.4, 0.5) is 5.69 Å². The fraction of sp³-hybridized carbons (Fsp3) is 0.130. The smallest absolute Gasteiger partial charge is 0.234 e. The number of nitrogens with zero attached hydrogens (tertiary/aromatic N) is 4. The SMILES string of the molecule is COc1cc(NC(=O)CSc2nnc(-c3ccccn3)n2-c2ccccc2)cc(OC)c1. The standard InChI is InChI=1S/C23H21N5O3S/c1-30-18-12-16(13-19(14-18)31-2)25-21(29)15-32-23-27-26-22(20-10-6-7-11-24-20)28(23)17-8-4-3-5-9-17/h3-14H,15H2,1-2H3,(H,25,29). The van der Waals surface area contributed by atoms with Crippen LogP contribution in [0.15, 0.2) is 78.1 Å². The maximum absolute atomic E-state index is 12.6. The number of ether oxygens (including phenoxy) is 2. The third kappa shape index (κ3) is 4.89. The zero-order valence-electron chi connectivity index (χ0n) is 17.6. The summed E-state index contributed by atoms with van der Waals surface area (Å²) < 4.78 is 12.4. The lowest BCUT2D eigenvalue weighted by atomic mass is 10.2. The molecule has 9 heteroatoms. The Morgan fingerprint density at radius 2 is 1.69 bits per heavy atom. The van der Waals surface area contributed by atoms with E-state index in [1.54, 1.807) is 38.6 Å². The fourth-order valence-corrected chi connectivity index (χ4v) is 3.79. The van der Waals surface area contributed by atoms with Crippen molar-refractivity contribution in [2.45, 2.75) is 5.16 Å². The van der Waals surface area contributed by atoms with Gasteiger partial charge in [0.25, 0.3) is 0 Å². The molecule has 8 nitrogen and oxygen atoms in total. The van der Waals surface area contributed by atoms with E-state index >= 15 is 0 Å². The molecule has 32 heavy (non-hydrogen) atoms. The van der Waals surface area contributed by atoms with Crippen molar-refractivity contribution in [3.05, 3.63) is 72.9 Å². The molecule has 1 amide bonds. The van der Waals surface area contributed by atoms with Crippen molar-refractivity contribution >= 4 is 23.4 Å². The molecular weight excluding hydrogens is 426 g/mol. The molecule has 0 saturated carbocycles. The molecule has 0 unspecified atom stereocenters. The maximum atomic E-state index is 12.6. The Kier molecular flexibility index (Phi) is 6.66. The van der Waals surface area contributed by atoms with Gasteiger partial charge in [-0.05, 0) is 24.3 Å². The van der Waals surface area contributed by atoms with Gasteiger partial charge >= 0.3 is 0 Å². The minimum absolute atomic E-state index is 0.146. The predicted octanol–water partition coefficient (Wildman–Crippen LogP) is 4.08. The van der Waals surface area contributed by atoms with Gasteiger partial charge in [0.15, 0.2) is 11.0 Å². The normalized spacial score (nSPS) is 10.6. The molecule has 0 radical (unpaired) electrons. The Hall–Kier alpha value is -3.85. The lowest BCUT2D eigenvalue weighted by molar-refractivity contribution is -0.113. The number of rotatable bonds is 8. The minimum Gasteiger partial charge on any atom is -0.497 e. The number of carbonyl (C=O) groups is 1. The van der Waals surface area contributed by atoms with Crippen LogP contribution in [0.3, 0.4) is 0 Å². The van der Waals surface area contributed by atoms with Crippen LogP contribution in [-0.4, -0.2) is 45.6 Å². The average molecular weight is 448 g/mol. The minimum atomic E-state index is -0.188. The van der Waals surface area contributed by atoms with Crippen molar-refractivity contribution in [3.63, 3.8) is 0 Å². The number of aromatic nitrogens is 4. The molecule has 2 heterocycles. The molecule has 0 aliphatic rings. The van der Waals surface area contributed by atoms with Crippen molar-refractivity contribution in [1.82, 2.24) is 19.7 Å². The number of amides is 1. The second-order valence-corrected chi connectivity index (χ2v) is 7.57. The van der Waals surface area contributed by atoms with E-state index < -0.39 is 0 Å². The molecule has 1 N–H and O–H groups in total. The van der Waals surface area contributed by atoms with Crippen molar-refractivity contribution in [3.8, 4) is 28.7 Å². The fourth-order valence-electron chi connectivity index (χ4n) is 3.04. The number of hydrogen-bond donors (Lipinski definition) is 1. The van der Waals surface area contributed by atoms with Gasteiger partial charge in [0, 0.05) is 35.8 Å². The van der Waals surface area contributed by atoms with Crippen molar-refractivity contribution in [2.24, 2.45) is 0 Å². The van der Waals surface area contributed by atoms with Crippen LogP contribution in [0.2, 0.25) is 0 Å². The lowest BCUT2D eigenvalue weighted by Crippen LogP contribution is -2.14. The average Bonchev–Trinajstić information content (AvgIpc) is 3.27. The first-order valence-corrected chi connectivity index (χ1v) is 10.7. The van der Waals surface area contributed by atoms with E-state index in [4.69, 9.17) is 9.47 Å². The quantitative estimate of drug-likeness (QED) is 0.407. The van der Waals surface area contributed by atoms with Crippen LogP contribution in [0, 0.1) is 0 Å². The summed E-state index contributed by atoms with van der Waals surface area (Å²) in [4.78, 5) is 17.0. The lowest BCUT2D eigenvalue weighted by Gasteiger charge is -2.11. The van der Waals surface area contributed by atoms with Crippen LogP contribution >= 0.6 is 11.8 Å². The Balaban J connectivity index is 1.55. The highest BCUT2D eigenvalue weighted by atomic mass is 32.2. The highest BCUT2D eigenvalue weighted by Gasteiger charge is 2.18. The highest BCUT2D eigenvalue weighted by Crippen LogP contribution is 2.28. The Morgan fingerprint density at radius 3 is 2.34 bits per heavy atom. The largest absolute Gasteiger partial charge is 0.497 e. The molecule has 0 aliphatic carbocycles. The monoisotopic (exact) mass is 447 g/mol. The zero-order valence-corrected chi connectivity index (χ0v) is 18.4. The summed E-state index contributed by atoms with van der Waals surface area (Å²) in [6.45, 7) is 0. The van der Waals surface area contributed by atoms with E-state index in [1.807, 2.05) is 53.1 Å². The molecule has 0 aliphatic heterocycles. The molecule has 2 aromatic carbocycles. The van der Waals surface area contributed by atoms with Gasteiger partial charge in [0.1, 0.15) is 17.2 Å². The molecular formula is C23H21N5O3S. The van der Waals surface area contributed by atoms with E-state index in [0.717, 1.165) is 5.69 Å². The number of methoxy groups -OCH3 is 2. The van der Waals surface area contributed by atoms with E-state index in [1.165, 1.54) is 11.8 Å². The third-order valence-electron chi connectivity index (χ3n) is 4.51. The van der Waals surface area contributed by atoms with Crippen molar-refractivity contribution in [2.75, 3.05) is 25.3 Å². The summed E-state index contributed by atoms with van der Waals surface area (Å²) in [7, 11) is 3.12. The molecule has 4 aromatic rings. The summed E-state index contributed by atoms with van der Waals surface area (Å²) >= 11 is 1.29. The molecule has 0 saturated heterocycles. The van der Waals surface area contributed by atoms with Gasteiger partial charge in [-0.1, -0.05) is 36.0 Å². The first kappa shape index (κ1) is 21.4. The van der Waals surface area contributed by atoms with Crippen LogP contribution in [0.1, 0.15) is 0 Å². The molecule has 0 spiro atoms. The van der Waals surface area contributed by atoms with Gasteiger partial charge in [-0.2, -0.15) is 0 Å². The Morgan fingerprint density at radius 1 is 0.969 bits per heavy atom. The van der Waals surface area contributed by atoms with Gasteiger partial charge in [0.05, 0.1) is 20.0 Å². The summed E-state index contributed by atoms with van der Waals surface area (Å²) in [5, 5.41) is 12.1. The summed E-state index contributed by atoms with van der Waals surface area (Å²) in [5.74, 6) is 1.75. The van der Waals surface area contributed by atoms with Crippen LogP contribution in [0.5, 0.6) is 11.5 Å². The highest BCUT2D eigenvalue weighted by molar-refractivity contribution is 7.99. The van der Waals surface area contributed by atoms with E-state index in [9.17, 15) is 4.79 Å². The van der Waals surface area contributed by atoms with Crippen LogP contribution in [0.25, 0.3) is 17.2 Å². The van der Waals surface area contributed by atoms with Gasteiger partial charge in [-0.3, -0.25) is 14.3 Å². The predicted molar refractivity (Wildman–Crippen MR) is 123 cm³/mol. The van der Waals surface area contributed by atoms with Crippen LogP contribution < -0.4 is 14.8 Å². The summed E-state index contributed by atoms with van der Waals surface area (Å²) in [6.07, 6.45) is 1.71. The molecule has 4 rings (SSSR count). The van der Waals surface area contributed by atoms with E-state index in [0.29, 0.717) is 33.9 Å². The van der Waals surface area contributed by atoms with Gasteiger partial charge in [-0.25, -0.2) is 0 Å². The first-order valence-electron chi connectivity index (χ1n) is 9.76. The maximum Gasteiger partial charge on any atom is 0.234 e. The summed E-state index contributed by atoms with van der Waals surface area (Å²) in [6, 6.07) is 20.6. The Bertz CT molecular complexity index is 1180. The number of pyridine rings is 1. The van der Waals surface area contributed by atoms with Crippen molar-refractivity contribution < 1.29 is 14.3 Å². The number of hydrogen-bond acceptors (Lipinski definition) is 7. The number of anilines is 1. The third-order valence-corrected chi connectivity index (χ3v) is 5.44. The number of nitrogens with one attached hydrogen (secondary N) is 1. The second-order valence-electron chi connectivity index (χ2n) is 6.63. The summed E-state index contributed by atoms with van der Waals surface area (Å²) in [5.41, 5.74) is 2.17. The molecule has 0 fully saturated rings. The number of para-hydroxylation sites is 1. The molecule has 0 atom stereocenters. The van der Waals surface area contributed by atoms with E-state index in [2.05, 4.69) is 20.5 Å². The number of benzene rings is 2. The number of carbonyl (C=O) groups excluding carboxylic acids is 1. The topological polar surface area (TPSA) is 91.2 Å². The van der Waals surface area contributed by atoms with E-state index in [-0.39, 0.29) is 11.7 Å². The first-order chi connectivity index (χ1) is 15.7.